The van der Waals surface area contributed by atoms with E-state index in [1.54, 1.807) is 18.2 Å². The van der Waals surface area contributed by atoms with Gasteiger partial charge in [-0.3, -0.25) is 0 Å². The first-order valence-electron chi connectivity index (χ1n) is 10.9. The van der Waals surface area contributed by atoms with E-state index in [9.17, 15) is 19.8 Å². The fraction of sp³-hybridized carbons (Fsp3) is 0.0345. The van der Waals surface area contributed by atoms with E-state index in [1.165, 1.54) is 48.5 Å². The SMILES string of the molecule is Cc1cc(OC(=O)c2ccc(O)cc2)c2cc3c(OC(=O)c4ccc(O)cc4)cccc3cc2c1. The summed E-state index contributed by atoms with van der Waals surface area (Å²) in [5.74, 6) is -0.255. The summed E-state index contributed by atoms with van der Waals surface area (Å²) < 4.78 is 11.4. The smallest absolute Gasteiger partial charge is 0.343 e. The van der Waals surface area contributed by atoms with E-state index in [1.807, 2.05) is 31.2 Å². The van der Waals surface area contributed by atoms with Gasteiger partial charge in [0.2, 0.25) is 0 Å². The monoisotopic (exact) mass is 464 g/mol. The van der Waals surface area contributed by atoms with Crippen LogP contribution in [-0.2, 0) is 0 Å². The van der Waals surface area contributed by atoms with Crippen LogP contribution in [0.2, 0.25) is 0 Å². The van der Waals surface area contributed by atoms with Crippen molar-refractivity contribution in [3.05, 3.63) is 108 Å². The minimum atomic E-state index is -0.555. The molecule has 6 nitrogen and oxygen atoms in total. The molecule has 0 unspecified atom stereocenters. The highest BCUT2D eigenvalue weighted by atomic mass is 16.5. The van der Waals surface area contributed by atoms with Gasteiger partial charge in [0.25, 0.3) is 0 Å². The number of fused-ring (bicyclic) bond motifs is 2. The molecule has 172 valence electrons. The van der Waals surface area contributed by atoms with Gasteiger partial charge in [0.15, 0.2) is 0 Å². The number of carbonyl (C=O) groups excluding carboxylic acids is 2. The quantitative estimate of drug-likeness (QED) is 0.188. The number of rotatable bonds is 4. The van der Waals surface area contributed by atoms with Crippen LogP contribution in [0.15, 0.2) is 91.0 Å². The Labute approximate surface area is 200 Å². The number of hydrogen-bond acceptors (Lipinski definition) is 6. The molecule has 0 aliphatic heterocycles. The van der Waals surface area contributed by atoms with E-state index in [-0.39, 0.29) is 11.5 Å². The highest BCUT2D eigenvalue weighted by Crippen LogP contribution is 2.36. The molecule has 0 atom stereocenters. The van der Waals surface area contributed by atoms with Crippen molar-refractivity contribution in [1.29, 1.82) is 0 Å². The molecule has 0 saturated heterocycles. The summed E-state index contributed by atoms with van der Waals surface area (Å²) in [5.41, 5.74) is 1.53. The second kappa shape index (κ2) is 8.83. The maximum absolute atomic E-state index is 12.7. The van der Waals surface area contributed by atoms with E-state index >= 15 is 0 Å². The van der Waals surface area contributed by atoms with Crippen molar-refractivity contribution in [1.82, 2.24) is 0 Å². The second-order valence-corrected chi connectivity index (χ2v) is 8.19. The lowest BCUT2D eigenvalue weighted by Gasteiger charge is -2.13. The lowest BCUT2D eigenvalue weighted by Crippen LogP contribution is -2.09. The topological polar surface area (TPSA) is 93.1 Å². The van der Waals surface area contributed by atoms with Gasteiger partial charge >= 0.3 is 11.9 Å². The highest BCUT2D eigenvalue weighted by molar-refractivity contribution is 6.05. The van der Waals surface area contributed by atoms with Gasteiger partial charge in [0, 0.05) is 10.8 Å². The number of aromatic hydroxyl groups is 2. The molecule has 35 heavy (non-hydrogen) atoms. The zero-order chi connectivity index (χ0) is 24.5. The van der Waals surface area contributed by atoms with Crippen LogP contribution in [0.1, 0.15) is 26.3 Å². The molecule has 5 aromatic rings. The van der Waals surface area contributed by atoms with E-state index < -0.39 is 11.9 Å². The number of aryl methyl sites for hydroxylation is 1. The maximum Gasteiger partial charge on any atom is 0.343 e. The van der Waals surface area contributed by atoms with Crippen LogP contribution in [0.4, 0.5) is 0 Å². The number of carbonyl (C=O) groups is 2. The lowest BCUT2D eigenvalue weighted by atomic mass is 10.0. The van der Waals surface area contributed by atoms with Gasteiger partial charge in [-0.1, -0.05) is 18.2 Å². The summed E-state index contributed by atoms with van der Waals surface area (Å²) >= 11 is 0. The van der Waals surface area contributed by atoms with Gasteiger partial charge in [-0.05, 0) is 96.1 Å². The molecule has 5 aromatic carbocycles. The molecule has 6 heteroatoms. The van der Waals surface area contributed by atoms with Crippen molar-refractivity contribution in [3.63, 3.8) is 0 Å². The van der Waals surface area contributed by atoms with Gasteiger partial charge in [0.1, 0.15) is 23.0 Å². The summed E-state index contributed by atoms with van der Waals surface area (Å²) in [5, 5.41) is 22.0. The van der Waals surface area contributed by atoms with Crippen molar-refractivity contribution in [2.75, 3.05) is 0 Å². The third-order valence-corrected chi connectivity index (χ3v) is 5.63. The average molecular weight is 464 g/mol. The third-order valence-electron chi connectivity index (χ3n) is 5.63. The lowest BCUT2D eigenvalue weighted by molar-refractivity contribution is 0.0728. The number of hydrogen-bond donors (Lipinski definition) is 2. The van der Waals surface area contributed by atoms with E-state index in [2.05, 4.69) is 0 Å². The van der Waals surface area contributed by atoms with Gasteiger partial charge < -0.3 is 19.7 Å². The zero-order valence-electron chi connectivity index (χ0n) is 18.7. The molecule has 5 rings (SSSR count). The molecule has 2 N–H and O–H groups in total. The first-order chi connectivity index (χ1) is 16.9. The number of benzene rings is 5. The van der Waals surface area contributed by atoms with Crippen LogP contribution >= 0.6 is 0 Å². The van der Waals surface area contributed by atoms with Crippen LogP contribution in [0.3, 0.4) is 0 Å². The maximum atomic E-state index is 12.7. The molecule has 0 radical (unpaired) electrons. The number of ether oxygens (including phenoxy) is 2. The molecular formula is C29H20O6. The minimum Gasteiger partial charge on any atom is -0.508 e. The average Bonchev–Trinajstić information content (AvgIpc) is 2.84. The second-order valence-electron chi connectivity index (χ2n) is 8.19. The first kappa shape index (κ1) is 22.0. The largest absolute Gasteiger partial charge is 0.508 e. The predicted octanol–water partition coefficient (Wildman–Crippen LogP) is 6.15. The van der Waals surface area contributed by atoms with Crippen molar-refractivity contribution in [2.45, 2.75) is 6.92 Å². The van der Waals surface area contributed by atoms with E-state index in [0.29, 0.717) is 33.4 Å². The van der Waals surface area contributed by atoms with Gasteiger partial charge in [-0.2, -0.15) is 0 Å². The fourth-order valence-corrected chi connectivity index (χ4v) is 3.90. The van der Waals surface area contributed by atoms with Crippen LogP contribution < -0.4 is 9.47 Å². The number of phenols is 2. The zero-order valence-corrected chi connectivity index (χ0v) is 18.7. The van der Waals surface area contributed by atoms with Crippen LogP contribution in [0.5, 0.6) is 23.0 Å². The Hall–Kier alpha value is -4.84. The molecule has 0 aliphatic rings. The van der Waals surface area contributed by atoms with Crippen LogP contribution in [-0.4, -0.2) is 22.2 Å². The number of esters is 2. The molecular weight excluding hydrogens is 444 g/mol. The molecule has 0 aliphatic carbocycles. The number of phenolic OH excluding ortho intramolecular Hbond substituents is 2. The van der Waals surface area contributed by atoms with Crippen molar-refractivity contribution < 1.29 is 29.3 Å². The Morgan fingerprint density at radius 2 is 1.14 bits per heavy atom. The molecule has 0 heterocycles. The van der Waals surface area contributed by atoms with Gasteiger partial charge in [-0.25, -0.2) is 9.59 Å². The van der Waals surface area contributed by atoms with Crippen LogP contribution in [0.25, 0.3) is 21.5 Å². The summed E-state index contributed by atoms with van der Waals surface area (Å²) in [4.78, 5) is 25.4. The summed E-state index contributed by atoms with van der Waals surface area (Å²) in [6.07, 6.45) is 0. The minimum absolute atomic E-state index is 0.0582. The summed E-state index contributed by atoms with van der Waals surface area (Å²) in [6, 6.07) is 24.6. The van der Waals surface area contributed by atoms with E-state index in [0.717, 1.165) is 16.3 Å². The molecule has 0 saturated carbocycles. The third kappa shape index (κ3) is 4.50. The molecule has 0 amide bonds. The Kier molecular flexibility index (Phi) is 5.55. The Bertz CT molecular complexity index is 1580. The molecule has 0 bridgehead atoms. The standard InChI is InChI=1S/C29H20O6/c1-17-13-21-15-20-3-2-4-26(34-28(32)18-5-9-22(30)10-6-18)24(20)16-25(21)27(14-17)35-29(33)19-7-11-23(31)12-8-19/h2-16,30-31H,1H3. The molecule has 0 spiro atoms. The first-order valence-corrected chi connectivity index (χ1v) is 10.9. The summed E-state index contributed by atoms with van der Waals surface area (Å²) in [6.45, 7) is 1.91. The fourth-order valence-electron chi connectivity index (χ4n) is 3.90. The van der Waals surface area contributed by atoms with Gasteiger partial charge in [-0.15, -0.1) is 0 Å². The van der Waals surface area contributed by atoms with E-state index in [4.69, 9.17) is 9.47 Å². The normalized spacial score (nSPS) is 10.9. The van der Waals surface area contributed by atoms with Crippen molar-refractivity contribution in [3.8, 4) is 23.0 Å². The summed E-state index contributed by atoms with van der Waals surface area (Å²) in [7, 11) is 0. The Morgan fingerprint density at radius 1 is 0.600 bits per heavy atom. The highest BCUT2D eigenvalue weighted by Gasteiger charge is 2.15. The Morgan fingerprint density at radius 3 is 1.74 bits per heavy atom. The predicted molar refractivity (Wildman–Crippen MR) is 132 cm³/mol. The Balaban J connectivity index is 1.56. The van der Waals surface area contributed by atoms with Gasteiger partial charge in [0.05, 0.1) is 11.1 Å². The van der Waals surface area contributed by atoms with Crippen molar-refractivity contribution >= 4 is 33.5 Å². The van der Waals surface area contributed by atoms with Crippen molar-refractivity contribution in [2.24, 2.45) is 0 Å². The van der Waals surface area contributed by atoms with Crippen LogP contribution in [0, 0.1) is 6.92 Å². The molecule has 0 fully saturated rings. The molecule has 0 aromatic heterocycles.